The lowest BCUT2D eigenvalue weighted by molar-refractivity contribution is -0.142. The highest BCUT2D eigenvalue weighted by Crippen LogP contribution is 2.64. The van der Waals surface area contributed by atoms with Gasteiger partial charge in [0.15, 0.2) is 0 Å². The van der Waals surface area contributed by atoms with E-state index in [0.717, 1.165) is 11.1 Å². The lowest BCUT2D eigenvalue weighted by Gasteiger charge is -2.51. The summed E-state index contributed by atoms with van der Waals surface area (Å²) in [4.78, 5) is 28.5. The summed E-state index contributed by atoms with van der Waals surface area (Å²) in [5.74, 6) is -2.60. The van der Waals surface area contributed by atoms with Crippen molar-refractivity contribution in [2.24, 2.45) is 11.8 Å². The minimum atomic E-state index is -1.66. The second kappa shape index (κ2) is 6.42. The number of likely N-dealkylation sites (tertiary alicyclic amines) is 1. The molecule has 3 aromatic carbocycles. The molecule has 1 N–H and O–H groups in total. The van der Waals surface area contributed by atoms with Crippen LogP contribution >= 0.6 is 23.2 Å². The van der Waals surface area contributed by atoms with Gasteiger partial charge in [0.05, 0.1) is 18.4 Å². The highest BCUT2D eigenvalue weighted by atomic mass is 35.5. The molecular formula is C25H17Cl2NO3. The fraction of sp³-hybridized carbons (Fsp3) is 0.200. The Hall–Kier alpha value is -2.66. The molecule has 1 fully saturated rings. The van der Waals surface area contributed by atoms with Crippen LogP contribution in [0.15, 0.2) is 66.7 Å². The Balaban J connectivity index is 1.56. The Morgan fingerprint density at radius 1 is 0.839 bits per heavy atom. The number of carbonyl (C=O) groups is 2. The molecule has 0 saturated carbocycles. The largest absolute Gasteiger partial charge is 0.379 e. The summed E-state index contributed by atoms with van der Waals surface area (Å²) in [5.41, 5.74) is 1.92. The molecule has 1 saturated heterocycles. The average Bonchev–Trinajstić information content (AvgIpc) is 3.02. The Labute approximate surface area is 189 Å². The van der Waals surface area contributed by atoms with Crippen molar-refractivity contribution in [3.63, 3.8) is 0 Å². The summed E-state index contributed by atoms with van der Waals surface area (Å²) in [7, 11) is 0. The van der Waals surface area contributed by atoms with E-state index in [2.05, 4.69) is 0 Å². The third-order valence-electron chi connectivity index (χ3n) is 7.01. The van der Waals surface area contributed by atoms with E-state index < -0.39 is 17.4 Å². The van der Waals surface area contributed by atoms with Gasteiger partial charge in [-0.05, 0) is 34.4 Å². The van der Waals surface area contributed by atoms with E-state index >= 15 is 0 Å². The number of aliphatic hydroxyl groups is 1. The summed E-state index contributed by atoms with van der Waals surface area (Å²) < 4.78 is 0. The van der Waals surface area contributed by atoms with Crippen LogP contribution in [0, 0.1) is 11.8 Å². The lowest BCUT2D eigenvalue weighted by Crippen LogP contribution is -2.53. The van der Waals surface area contributed by atoms with Gasteiger partial charge in [-0.15, -0.1) is 0 Å². The fourth-order valence-corrected chi connectivity index (χ4v) is 6.33. The van der Waals surface area contributed by atoms with Crippen LogP contribution in [0.5, 0.6) is 0 Å². The zero-order valence-electron chi connectivity index (χ0n) is 16.3. The van der Waals surface area contributed by atoms with Crippen LogP contribution < -0.4 is 0 Å². The smallest absolute Gasteiger partial charge is 0.237 e. The Bertz CT molecular complexity index is 1290. The van der Waals surface area contributed by atoms with Gasteiger partial charge < -0.3 is 5.11 Å². The number of nitrogens with zero attached hydrogens (tertiary/aromatic N) is 1. The molecule has 0 aromatic heterocycles. The van der Waals surface area contributed by atoms with Crippen molar-refractivity contribution in [3.05, 3.63) is 105 Å². The fourth-order valence-electron chi connectivity index (χ4n) is 5.81. The van der Waals surface area contributed by atoms with Crippen molar-refractivity contribution in [2.75, 3.05) is 0 Å². The SMILES string of the molecule is O=C1C2C3c4ccccc4C(O)(c4c(Cl)cccc43)C2C(=O)N1Cc1ccccc1Cl. The Kier molecular flexibility index (Phi) is 3.95. The van der Waals surface area contributed by atoms with Crippen LogP contribution in [0.25, 0.3) is 0 Å². The molecule has 4 atom stereocenters. The number of carbonyl (C=O) groups excluding carboxylic acids is 2. The normalized spacial score (nSPS) is 27.8. The molecule has 1 aliphatic heterocycles. The third kappa shape index (κ3) is 2.30. The first-order valence-corrected chi connectivity index (χ1v) is 10.9. The molecule has 4 unspecified atom stereocenters. The Morgan fingerprint density at radius 3 is 2.32 bits per heavy atom. The summed E-state index contributed by atoms with van der Waals surface area (Å²) in [5, 5.41) is 13.1. The molecule has 0 spiro atoms. The zero-order chi connectivity index (χ0) is 21.5. The van der Waals surface area contributed by atoms with Crippen LogP contribution in [-0.4, -0.2) is 21.8 Å². The first-order chi connectivity index (χ1) is 14.9. The van der Waals surface area contributed by atoms with Gasteiger partial charge in [0, 0.05) is 21.5 Å². The first kappa shape index (κ1) is 19.1. The monoisotopic (exact) mass is 449 g/mol. The molecule has 3 aliphatic carbocycles. The van der Waals surface area contributed by atoms with Crippen LogP contribution in [0.1, 0.15) is 33.7 Å². The minimum absolute atomic E-state index is 0.0769. The molecule has 154 valence electrons. The lowest BCUT2D eigenvalue weighted by atomic mass is 9.52. The van der Waals surface area contributed by atoms with E-state index in [1.165, 1.54) is 4.90 Å². The van der Waals surface area contributed by atoms with Gasteiger partial charge >= 0.3 is 0 Å². The predicted molar refractivity (Wildman–Crippen MR) is 117 cm³/mol. The number of benzene rings is 3. The van der Waals surface area contributed by atoms with Gasteiger partial charge in [-0.3, -0.25) is 14.5 Å². The average molecular weight is 450 g/mol. The van der Waals surface area contributed by atoms with E-state index in [4.69, 9.17) is 23.2 Å². The molecule has 7 rings (SSSR count). The molecule has 4 aliphatic rings. The molecule has 6 heteroatoms. The van der Waals surface area contributed by atoms with Crippen molar-refractivity contribution < 1.29 is 14.7 Å². The van der Waals surface area contributed by atoms with E-state index in [9.17, 15) is 14.7 Å². The predicted octanol–water partition coefficient (Wildman–Crippen LogP) is 4.49. The summed E-state index contributed by atoms with van der Waals surface area (Å²) in [6.45, 7) is 0.0769. The van der Waals surface area contributed by atoms with E-state index in [1.54, 1.807) is 24.3 Å². The topological polar surface area (TPSA) is 57.6 Å². The van der Waals surface area contributed by atoms with E-state index in [0.29, 0.717) is 26.7 Å². The number of amides is 2. The molecule has 31 heavy (non-hydrogen) atoms. The van der Waals surface area contributed by atoms with E-state index in [-0.39, 0.29) is 24.3 Å². The highest BCUT2D eigenvalue weighted by Gasteiger charge is 2.68. The second-order valence-electron chi connectivity index (χ2n) is 8.39. The van der Waals surface area contributed by atoms with Gasteiger partial charge in [0.25, 0.3) is 0 Å². The molecule has 2 bridgehead atoms. The highest BCUT2D eigenvalue weighted by molar-refractivity contribution is 6.32. The van der Waals surface area contributed by atoms with Gasteiger partial charge in [0.2, 0.25) is 11.8 Å². The number of rotatable bonds is 2. The maximum absolute atomic E-state index is 13.7. The number of halogens is 2. The number of hydrogen-bond donors (Lipinski definition) is 1. The van der Waals surface area contributed by atoms with Crippen molar-refractivity contribution in [3.8, 4) is 0 Å². The van der Waals surface area contributed by atoms with Crippen molar-refractivity contribution in [2.45, 2.75) is 18.1 Å². The first-order valence-electron chi connectivity index (χ1n) is 10.1. The summed E-state index contributed by atoms with van der Waals surface area (Å²) in [6, 6.07) is 20.1. The molecular weight excluding hydrogens is 433 g/mol. The van der Waals surface area contributed by atoms with Crippen molar-refractivity contribution in [1.29, 1.82) is 0 Å². The molecule has 1 heterocycles. The van der Waals surface area contributed by atoms with Crippen LogP contribution in [0.4, 0.5) is 0 Å². The van der Waals surface area contributed by atoms with Gasteiger partial charge in [-0.25, -0.2) is 0 Å². The maximum Gasteiger partial charge on any atom is 0.237 e. The van der Waals surface area contributed by atoms with Crippen LogP contribution in [-0.2, 0) is 21.7 Å². The minimum Gasteiger partial charge on any atom is -0.379 e. The van der Waals surface area contributed by atoms with Crippen molar-refractivity contribution >= 4 is 35.0 Å². The third-order valence-corrected chi connectivity index (χ3v) is 7.69. The maximum atomic E-state index is 13.7. The quantitative estimate of drug-likeness (QED) is 0.586. The van der Waals surface area contributed by atoms with Gasteiger partial charge in [0.1, 0.15) is 5.60 Å². The summed E-state index contributed by atoms with van der Waals surface area (Å²) >= 11 is 12.9. The van der Waals surface area contributed by atoms with E-state index in [1.807, 2.05) is 42.5 Å². The van der Waals surface area contributed by atoms with Gasteiger partial charge in [-0.2, -0.15) is 0 Å². The van der Waals surface area contributed by atoms with Crippen molar-refractivity contribution in [1.82, 2.24) is 4.90 Å². The van der Waals surface area contributed by atoms with Crippen LogP contribution in [0.3, 0.4) is 0 Å². The second-order valence-corrected chi connectivity index (χ2v) is 9.21. The van der Waals surface area contributed by atoms with Crippen LogP contribution in [0.2, 0.25) is 10.0 Å². The standard InChI is InChI=1S/C25H17Cl2NO3/c26-17-10-4-1-6-13(17)12-28-23(29)20-19-14-7-2-3-9-16(14)25(31,22(20)24(28)30)21-15(19)8-5-11-18(21)27/h1-11,19-20,22,31H,12H2. The molecule has 0 radical (unpaired) electrons. The zero-order valence-corrected chi connectivity index (χ0v) is 17.8. The molecule has 4 nitrogen and oxygen atoms in total. The molecule has 3 aromatic rings. The number of hydrogen-bond acceptors (Lipinski definition) is 3. The number of imide groups is 1. The van der Waals surface area contributed by atoms with Gasteiger partial charge in [-0.1, -0.05) is 77.8 Å². The Morgan fingerprint density at radius 2 is 1.52 bits per heavy atom. The summed E-state index contributed by atoms with van der Waals surface area (Å²) in [6.07, 6.45) is 0. The molecule has 2 amide bonds.